The SMILES string of the molecule is CCCCC(CO)C(N)(CCCC)CCCC. The van der Waals surface area contributed by atoms with Crippen molar-refractivity contribution in [1.82, 2.24) is 0 Å². The van der Waals surface area contributed by atoms with Gasteiger partial charge in [0.1, 0.15) is 0 Å². The summed E-state index contributed by atoms with van der Waals surface area (Å²) in [6, 6.07) is 0. The van der Waals surface area contributed by atoms with Crippen molar-refractivity contribution in [1.29, 1.82) is 0 Å². The third kappa shape index (κ3) is 6.42. The maximum Gasteiger partial charge on any atom is 0.0476 e. The van der Waals surface area contributed by atoms with E-state index in [4.69, 9.17) is 5.73 Å². The molecule has 0 aliphatic carbocycles. The molecule has 0 aliphatic heterocycles. The lowest BCUT2D eigenvalue weighted by Crippen LogP contribution is -2.48. The molecule has 0 amide bonds. The number of aliphatic hydroxyl groups is 1. The van der Waals surface area contributed by atoms with Crippen LogP contribution in [0.2, 0.25) is 0 Å². The van der Waals surface area contributed by atoms with Crippen LogP contribution in [0, 0.1) is 5.92 Å². The van der Waals surface area contributed by atoms with Crippen LogP contribution in [0.5, 0.6) is 0 Å². The predicted molar refractivity (Wildman–Crippen MR) is 76.1 cm³/mol. The van der Waals surface area contributed by atoms with E-state index >= 15 is 0 Å². The van der Waals surface area contributed by atoms with Crippen molar-refractivity contribution in [3.63, 3.8) is 0 Å². The zero-order valence-electron chi connectivity index (χ0n) is 12.2. The summed E-state index contributed by atoms with van der Waals surface area (Å²) in [6.45, 7) is 6.87. The lowest BCUT2D eigenvalue weighted by molar-refractivity contribution is 0.122. The van der Waals surface area contributed by atoms with Gasteiger partial charge in [0.2, 0.25) is 0 Å². The van der Waals surface area contributed by atoms with E-state index in [1.54, 1.807) is 0 Å². The van der Waals surface area contributed by atoms with Crippen LogP contribution in [0.3, 0.4) is 0 Å². The molecule has 0 heterocycles. The summed E-state index contributed by atoms with van der Waals surface area (Å²) in [6.07, 6.45) is 10.3. The first kappa shape index (κ1) is 16.9. The Bertz CT molecular complexity index is 162. The van der Waals surface area contributed by atoms with Crippen molar-refractivity contribution in [2.75, 3.05) is 6.61 Å². The topological polar surface area (TPSA) is 46.2 Å². The van der Waals surface area contributed by atoms with Crippen LogP contribution in [-0.2, 0) is 0 Å². The quantitative estimate of drug-likeness (QED) is 0.579. The highest BCUT2D eigenvalue weighted by molar-refractivity contribution is 4.90. The molecule has 0 aromatic rings. The molecule has 0 rings (SSSR count). The van der Waals surface area contributed by atoms with Gasteiger partial charge in [-0.1, -0.05) is 59.3 Å². The zero-order valence-corrected chi connectivity index (χ0v) is 12.2. The van der Waals surface area contributed by atoms with Crippen molar-refractivity contribution < 1.29 is 5.11 Å². The van der Waals surface area contributed by atoms with E-state index in [1.165, 1.54) is 38.5 Å². The summed E-state index contributed by atoms with van der Waals surface area (Å²) in [5.74, 6) is 0.292. The lowest BCUT2D eigenvalue weighted by atomic mass is 9.75. The predicted octanol–water partition coefficient (Wildman–Crippen LogP) is 3.86. The van der Waals surface area contributed by atoms with Crippen molar-refractivity contribution in [3.8, 4) is 0 Å². The van der Waals surface area contributed by atoms with E-state index < -0.39 is 0 Å². The molecule has 2 nitrogen and oxygen atoms in total. The van der Waals surface area contributed by atoms with E-state index in [0.29, 0.717) is 5.92 Å². The Balaban J connectivity index is 4.46. The van der Waals surface area contributed by atoms with Gasteiger partial charge in [0.25, 0.3) is 0 Å². The molecule has 104 valence electrons. The number of hydrogen-bond acceptors (Lipinski definition) is 2. The molecule has 17 heavy (non-hydrogen) atoms. The van der Waals surface area contributed by atoms with E-state index in [-0.39, 0.29) is 12.1 Å². The summed E-state index contributed by atoms with van der Waals surface area (Å²) in [5.41, 5.74) is 6.48. The Kier molecular flexibility index (Phi) is 9.85. The Morgan fingerprint density at radius 1 is 0.941 bits per heavy atom. The summed E-state index contributed by atoms with van der Waals surface area (Å²) >= 11 is 0. The highest BCUT2D eigenvalue weighted by Crippen LogP contribution is 2.30. The second-order valence-electron chi connectivity index (χ2n) is 5.46. The van der Waals surface area contributed by atoms with Crippen molar-refractivity contribution in [2.45, 2.75) is 84.1 Å². The maximum atomic E-state index is 9.61. The number of aliphatic hydroxyl groups excluding tert-OH is 1. The molecule has 3 N–H and O–H groups in total. The molecule has 2 heteroatoms. The minimum absolute atomic E-state index is 0.129. The Morgan fingerprint density at radius 2 is 1.41 bits per heavy atom. The van der Waals surface area contributed by atoms with Crippen LogP contribution < -0.4 is 5.73 Å². The van der Waals surface area contributed by atoms with Crippen LogP contribution >= 0.6 is 0 Å². The summed E-state index contributed by atoms with van der Waals surface area (Å²) in [5, 5.41) is 9.61. The van der Waals surface area contributed by atoms with Crippen LogP contribution in [0.1, 0.15) is 78.6 Å². The summed E-state index contributed by atoms with van der Waals surface area (Å²) < 4.78 is 0. The average Bonchev–Trinajstić information content (AvgIpc) is 2.35. The molecule has 0 aromatic carbocycles. The molecule has 0 fully saturated rings. The van der Waals surface area contributed by atoms with Crippen molar-refractivity contribution in [2.24, 2.45) is 11.7 Å². The third-order valence-corrected chi connectivity index (χ3v) is 3.93. The highest BCUT2D eigenvalue weighted by Gasteiger charge is 2.32. The number of unbranched alkanes of at least 4 members (excludes halogenated alkanes) is 3. The summed E-state index contributed by atoms with van der Waals surface area (Å²) in [4.78, 5) is 0. The number of hydrogen-bond donors (Lipinski definition) is 2. The Labute approximate surface area is 108 Å². The molecule has 0 radical (unpaired) electrons. The molecule has 1 atom stereocenters. The van der Waals surface area contributed by atoms with E-state index in [1.807, 2.05) is 0 Å². The Morgan fingerprint density at radius 3 is 1.76 bits per heavy atom. The molecule has 0 bridgehead atoms. The van der Waals surface area contributed by atoms with Gasteiger partial charge in [-0.3, -0.25) is 0 Å². The van der Waals surface area contributed by atoms with Crippen LogP contribution in [0.15, 0.2) is 0 Å². The molecule has 0 aliphatic rings. The minimum atomic E-state index is -0.129. The Hall–Kier alpha value is -0.0800. The van der Waals surface area contributed by atoms with E-state index in [2.05, 4.69) is 20.8 Å². The van der Waals surface area contributed by atoms with Gasteiger partial charge in [0, 0.05) is 12.1 Å². The largest absolute Gasteiger partial charge is 0.396 e. The van der Waals surface area contributed by atoms with Gasteiger partial charge in [-0.25, -0.2) is 0 Å². The fourth-order valence-electron chi connectivity index (χ4n) is 2.56. The average molecular weight is 243 g/mol. The second kappa shape index (κ2) is 9.90. The molecule has 1 unspecified atom stereocenters. The molecule has 0 saturated carbocycles. The lowest BCUT2D eigenvalue weighted by Gasteiger charge is -2.37. The third-order valence-electron chi connectivity index (χ3n) is 3.93. The summed E-state index contributed by atoms with van der Waals surface area (Å²) in [7, 11) is 0. The number of nitrogens with two attached hydrogens (primary N) is 1. The first-order valence-electron chi connectivity index (χ1n) is 7.54. The first-order valence-corrected chi connectivity index (χ1v) is 7.54. The second-order valence-corrected chi connectivity index (χ2v) is 5.46. The molecular weight excluding hydrogens is 210 g/mol. The van der Waals surface area contributed by atoms with Gasteiger partial charge in [0.05, 0.1) is 0 Å². The van der Waals surface area contributed by atoms with Crippen molar-refractivity contribution in [3.05, 3.63) is 0 Å². The maximum absolute atomic E-state index is 9.61. The smallest absolute Gasteiger partial charge is 0.0476 e. The van der Waals surface area contributed by atoms with Gasteiger partial charge in [-0.15, -0.1) is 0 Å². The molecule has 0 aromatic heterocycles. The molecule has 0 spiro atoms. The van der Waals surface area contributed by atoms with Crippen LogP contribution in [0.25, 0.3) is 0 Å². The molecular formula is C15H33NO. The zero-order chi connectivity index (χ0) is 13.1. The van der Waals surface area contributed by atoms with Gasteiger partial charge in [-0.2, -0.15) is 0 Å². The van der Waals surface area contributed by atoms with Gasteiger partial charge in [-0.05, 0) is 25.2 Å². The van der Waals surface area contributed by atoms with E-state index in [0.717, 1.165) is 19.3 Å². The van der Waals surface area contributed by atoms with Crippen LogP contribution in [0.4, 0.5) is 0 Å². The first-order chi connectivity index (χ1) is 8.14. The highest BCUT2D eigenvalue weighted by atomic mass is 16.3. The van der Waals surface area contributed by atoms with Gasteiger partial charge in [0.15, 0.2) is 0 Å². The standard InChI is InChI=1S/C15H33NO/c1-4-7-10-14(13-17)15(16,11-8-5-2)12-9-6-3/h14,17H,4-13,16H2,1-3H3. The fraction of sp³-hybridized carbons (Fsp3) is 1.00. The normalized spacial score (nSPS) is 13.9. The molecule has 0 saturated heterocycles. The van der Waals surface area contributed by atoms with Crippen LogP contribution in [-0.4, -0.2) is 17.3 Å². The fourth-order valence-corrected chi connectivity index (χ4v) is 2.56. The monoisotopic (exact) mass is 243 g/mol. The van der Waals surface area contributed by atoms with Gasteiger partial charge >= 0.3 is 0 Å². The minimum Gasteiger partial charge on any atom is -0.396 e. The van der Waals surface area contributed by atoms with Gasteiger partial charge < -0.3 is 10.8 Å². The van der Waals surface area contributed by atoms with E-state index in [9.17, 15) is 5.11 Å². The number of rotatable bonds is 11. The van der Waals surface area contributed by atoms with Crippen molar-refractivity contribution >= 4 is 0 Å².